The predicted octanol–water partition coefficient (Wildman–Crippen LogP) is 4.33. The van der Waals surface area contributed by atoms with Gasteiger partial charge >= 0.3 is 0 Å². The van der Waals surface area contributed by atoms with E-state index >= 15 is 0 Å². The van der Waals surface area contributed by atoms with Crippen LogP contribution in [0.2, 0.25) is 0 Å². The van der Waals surface area contributed by atoms with Gasteiger partial charge in [0.2, 0.25) is 11.8 Å². The first-order valence-electron chi connectivity index (χ1n) is 8.60. The topological polar surface area (TPSA) is 67.4 Å². The first-order valence-corrected chi connectivity index (χ1v) is 8.60. The maximum atomic E-state index is 12.1. The van der Waals surface area contributed by atoms with E-state index in [1.807, 2.05) is 45.0 Å². The molecule has 0 aliphatic carbocycles. The molecule has 5 nitrogen and oxygen atoms in total. The maximum Gasteiger partial charge on any atom is 0.248 e. The number of anilines is 2. The van der Waals surface area contributed by atoms with Crippen molar-refractivity contribution in [1.29, 1.82) is 0 Å². The van der Waals surface area contributed by atoms with Crippen LogP contribution in [0.3, 0.4) is 0 Å². The predicted molar refractivity (Wildman–Crippen MR) is 105 cm³/mol. The number of rotatable bonds is 7. The Morgan fingerprint density at radius 1 is 1.04 bits per heavy atom. The molecule has 2 aromatic carbocycles. The van der Waals surface area contributed by atoms with E-state index in [-0.39, 0.29) is 17.7 Å². The van der Waals surface area contributed by atoms with Crippen molar-refractivity contribution in [2.24, 2.45) is 5.92 Å². The zero-order valence-corrected chi connectivity index (χ0v) is 15.3. The standard InChI is InChI=1S/C21H24N2O3/c1-4-26-19-11-8-16(9-12-19)10-13-20(24)22-17-6-5-7-18(14-17)23-21(25)15(2)3/h5-15H,4H2,1-3H3,(H,22,24)(H,23,25)/b13-10+. The Balaban J connectivity index is 1.95. The van der Waals surface area contributed by atoms with E-state index < -0.39 is 0 Å². The van der Waals surface area contributed by atoms with Gasteiger partial charge in [-0.2, -0.15) is 0 Å². The third-order valence-corrected chi connectivity index (χ3v) is 3.54. The van der Waals surface area contributed by atoms with Crippen LogP contribution in [0.5, 0.6) is 5.75 Å². The third-order valence-electron chi connectivity index (χ3n) is 3.54. The van der Waals surface area contributed by atoms with Crippen molar-refractivity contribution in [3.8, 4) is 5.75 Å². The van der Waals surface area contributed by atoms with Gasteiger partial charge in [-0.1, -0.05) is 32.0 Å². The molecule has 0 heterocycles. The molecule has 0 atom stereocenters. The van der Waals surface area contributed by atoms with Gasteiger partial charge in [-0.15, -0.1) is 0 Å². The van der Waals surface area contributed by atoms with E-state index in [0.29, 0.717) is 18.0 Å². The second kappa shape index (κ2) is 9.42. The van der Waals surface area contributed by atoms with Crippen LogP contribution in [0.4, 0.5) is 11.4 Å². The lowest BCUT2D eigenvalue weighted by atomic mass is 10.2. The van der Waals surface area contributed by atoms with E-state index in [1.165, 1.54) is 6.08 Å². The normalized spacial score (nSPS) is 10.8. The van der Waals surface area contributed by atoms with Gasteiger partial charge in [-0.25, -0.2) is 0 Å². The highest BCUT2D eigenvalue weighted by atomic mass is 16.5. The molecule has 0 aliphatic heterocycles. The molecule has 0 saturated carbocycles. The lowest BCUT2D eigenvalue weighted by Crippen LogP contribution is -2.17. The smallest absolute Gasteiger partial charge is 0.248 e. The molecule has 0 spiro atoms. The van der Waals surface area contributed by atoms with Crippen LogP contribution in [0.1, 0.15) is 26.3 Å². The van der Waals surface area contributed by atoms with Crippen molar-refractivity contribution in [3.05, 3.63) is 60.2 Å². The highest BCUT2D eigenvalue weighted by Gasteiger charge is 2.07. The zero-order chi connectivity index (χ0) is 18.9. The Morgan fingerprint density at radius 2 is 1.69 bits per heavy atom. The molecular weight excluding hydrogens is 328 g/mol. The molecule has 2 amide bonds. The molecule has 136 valence electrons. The van der Waals surface area contributed by atoms with Gasteiger partial charge in [0.05, 0.1) is 6.61 Å². The van der Waals surface area contributed by atoms with Gasteiger partial charge < -0.3 is 15.4 Å². The number of ether oxygens (including phenoxy) is 1. The summed E-state index contributed by atoms with van der Waals surface area (Å²) in [6.45, 7) is 6.20. The molecular formula is C21H24N2O3. The van der Waals surface area contributed by atoms with E-state index in [4.69, 9.17) is 4.74 Å². The highest BCUT2D eigenvalue weighted by molar-refractivity contribution is 6.02. The number of benzene rings is 2. The van der Waals surface area contributed by atoms with Crippen molar-refractivity contribution in [3.63, 3.8) is 0 Å². The lowest BCUT2D eigenvalue weighted by molar-refractivity contribution is -0.119. The minimum Gasteiger partial charge on any atom is -0.494 e. The first kappa shape index (κ1) is 19.2. The molecule has 0 radical (unpaired) electrons. The fourth-order valence-corrected chi connectivity index (χ4v) is 2.16. The molecule has 0 bridgehead atoms. The summed E-state index contributed by atoms with van der Waals surface area (Å²) in [6.07, 6.45) is 3.20. The summed E-state index contributed by atoms with van der Waals surface area (Å²) in [4.78, 5) is 23.8. The van der Waals surface area contributed by atoms with Gasteiger partial charge in [0, 0.05) is 23.4 Å². The summed E-state index contributed by atoms with van der Waals surface area (Å²) in [5.74, 6) is 0.384. The number of carbonyl (C=O) groups excluding carboxylic acids is 2. The first-order chi connectivity index (χ1) is 12.5. The fourth-order valence-electron chi connectivity index (χ4n) is 2.16. The Bertz CT molecular complexity index is 780. The summed E-state index contributed by atoms with van der Waals surface area (Å²) in [7, 11) is 0. The molecule has 2 rings (SSSR count). The third kappa shape index (κ3) is 6.09. The van der Waals surface area contributed by atoms with E-state index in [1.54, 1.807) is 30.3 Å². The summed E-state index contributed by atoms with van der Waals surface area (Å²) < 4.78 is 5.39. The van der Waals surface area contributed by atoms with Gasteiger partial charge in [0.25, 0.3) is 0 Å². The average Bonchev–Trinajstić information content (AvgIpc) is 2.61. The minimum absolute atomic E-state index is 0.0659. The molecule has 0 aromatic heterocycles. The summed E-state index contributed by atoms with van der Waals surface area (Å²) in [6, 6.07) is 14.6. The van der Waals surface area contributed by atoms with Crippen molar-refractivity contribution < 1.29 is 14.3 Å². The molecule has 2 N–H and O–H groups in total. The molecule has 0 saturated heterocycles. The van der Waals surface area contributed by atoms with Crippen molar-refractivity contribution >= 4 is 29.3 Å². The van der Waals surface area contributed by atoms with Gasteiger partial charge in [-0.3, -0.25) is 9.59 Å². The summed E-state index contributed by atoms with van der Waals surface area (Å²) in [5, 5.41) is 5.59. The Kier molecular flexibility index (Phi) is 6.97. The van der Waals surface area contributed by atoms with Crippen LogP contribution >= 0.6 is 0 Å². The van der Waals surface area contributed by atoms with Crippen LogP contribution in [0.25, 0.3) is 6.08 Å². The van der Waals surface area contributed by atoms with Gasteiger partial charge in [-0.05, 0) is 48.9 Å². The van der Waals surface area contributed by atoms with E-state index in [2.05, 4.69) is 10.6 Å². The SMILES string of the molecule is CCOc1ccc(/C=C/C(=O)Nc2cccc(NC(=O)C(C)C)c2)cc1. The molecule has 26 heavy (non-hydrogen) atoms. The Labute approximate surface area is 154 Å². The molecule has 0 fully saturated rings. The maximum absolute atomic E-state index is 12.1. The average molecular weight is 352 g/mol. The largest absolute Gasteiger partial charge is 0.494 e. The molecule has 2 aromatic rings. The minimum atomic E-state index is -0.244. The number of hydrogen-bond donors (Lipinski definition) is 2. The van der Waals surface area contributed by atoms with E-state index in [9.17, 15) is 9.59 Å². The molecule has 0 aliphatic rings. The number of amides is 2. The van der Waals surface area contributed by atoms with Crippen molar-refractivity contribution in [2.75, 3.05) is 17.2 Å². The van der Waals surface area contributed by atoms with Crippen LogP contribution in [-0.4, -0.2) is 18.4 Å². The van der Waals surface area contributed by atoms with Crippen LogP contribution in [-0.2, 0) is 9.59 Å². The summed E-state index contributed by atoms with van der Waals surface area (Å²) >= 11 is 0. The second-order valence-corrected chi connectivity index (χ2v) is 6.05. The van der Waals surface area contributed by atoms with Crippen LogP contribution in [0, 0.1) is 5.92 Å². The zero-order valence-electron chi connectivity index (χ0n) is 15.3. The Hall–Kier alpha value is -3.08. The Morgan fingerprint density at radius 3 is 2.31 bits per heavy atom. The second-order valence-electron chi connectivity index (χ2n) is 6.05. The van der Waals surface area contributed by atoms with Gasteiger partial charge in [0.1, 0.15) is 5.75 Å². The lowest BCUT2D eigenvalue weighted by Gasteiger charge is -2.09. The van der Waals surface area contributed by atoms with Crippen LogP contribution in [0.15, 0.2) is 54.6 Å². The number of carbonyl (C=O) groups is 2. The number of nitrogens with one attached hydrogen (secondary N) is 2. The van der Waals surface area contributed by atoms with Crippen LogP contribution < -0.4 is 15.4 Å². The highest BCUT2D eigenvalue weighted by Crippen LogP contribution is 2.16. The summed E-state index contributed by atoms with van der Waals surface area (Å²) in [5.41, 5.74) is 2.17. The van der Waals surface area contributed by atoms with Gasteiger partial charge in [0.15, 0.2) is 0 Å². The van der Waals surface area contributed by atoms with E-state index in [0.717, 1.165) is 11.3 Å². The molecule has 0 unspecified atom stereocenters. The number of hydrogen-bond acceptors (Lipinski definition) is 3. The van der Waals surface area contributed by atoms with Crippen molar-refractivity contribution in [2.45, 2.75) is 20.8 Å². The quantitative estimate of drug-likeness (QED) is 0.729. The monoisotopic (exact) mass is 352 g/mol. The molecule has 5 heteroatoms. The fraction of sp³-hybridized carbons (Fsp3) is 0.238. The van der Waals surface area contributed by atoms with Crippen molar-refractivity contribution in [1.82, 2.24) is 0 Å².